The third-order valence-electron chi connectivity index (χ3n) is 4.47. The standard InChI is InChI=1S/C16H18FNO4/c1-8-9-4-3-5-10(17)15(9)22-14(8)16(21)18(2)11-6-7-12(19)13(11)20/h3-5,11-13,19-20H,6-7H2,1-2H3/t11-,12-,13-/m1/s1. The van der Waals surface area contributed by atoms with Crippen molar-refractivity contribution in [2.75, 3.05) is 7.05 Å². The van der Waals surface area contributed by atoms with E-state index in [0.717, 1.165) is 0 Å². The van der Waals surface area contributed by atoms with E-state index in [4.69, 9.17) is 4.42 Å². The van der Waals surface area contributed by atoms with Crippen LogP contribution in [-0.2, 0) is 0 Å². The second-order valence-electron chi connectivity index (χ2n) is 5.79. The van der Waals surface area contributed by atoms with E-state index in [2.05, 4.69) is 0 Å². The minimum Gasteiger partial charge on any atom is -0.448 e. The van der Waals surface area contributed by atoms with Crippen molar-refractivity contribution in [3.05, 3.63) is 35.3 Å². The van der Waals surface area contributed by atoms with Crippen molar-refractivity contribution in [3.8, 4) is 0 Å². The number of carbonyl (C=O) groups is 1. The number of benzene rings is 1. The van der Waals surface area contributed by atoms with Crippen molar-refractivity contribution in [3.63, 3.8) is 0 Å². The van der Waals surface area contributed by atoms with Crippen LogP contribution < -0.4 is 0 Å². The largest absolute Gasteiger partial charge is 0.448 e. The van der Waals surface area contributed by atoms with Crippen molar-refractivity contribution in [1.82, 2.24) is 4.90 Å². The zero-order valence-electron chi connectivity index (χ0n) is 12.4. The van der Waals surface area contributed by atoms with Gasteiger partial charge in [0.2, 0.25) is 0 Å². The third kappa shape index (κ3) is 2.19. The summed E-state index contributed by atoms with van der Waals surface area (Å²) in [6.07, 6.45) is -0.847. The number of aliphatic hydroxyl groups is 2. The molecule has 3 rings (SSSR count). The molecule has 6 heteroatoms. The number of likely N-dealkylation sites (N-methyl/N-ethyl adjacent to an activating group) is 1. The Labute approximate surface area is 126 Å². The topological polar surface area (TPSA) is 73.9 Å². The van der Waals surface area contributed by atoms with E-state index in [1.54, 1.807) is 26.1 Å². The summed E-state index contributed by atoms with van der Waals surface area (Å²) in [7, 11) is 1.55. The number of hydrogen-bond acceptors (Lipinski definition) is 4. The maximum absolute atomic E-state index is 13.8. The number of para-hydroxylation sites is 1. The summed E-state index contributed by atoms with van der Waals surface area (Å²) in [4.78, 5) is 14.0. The predicted octanol–water partition coefficient (Wildman–Crippen LogP) is 1.84. The van der Waals surface area contributed by atoms with E-state index in [1.165, 1.54) is 11.0 Å². The Hall–Kier alpha value is -1.92. The van der Waals surface area contributed by atoms with Gasteiger partial charge in [-0.2, -0.15) is 0 Å². The molecule has 5 nitrogen and oxygen atoms in total. The number of aliphatic hydroxyl groups excluding tert-OH is 2. The molecule has 2 N–H and O–H groups in total. The molecule has 2 aromatic rings. The maximum atomic E-state index is 13.8. The van der Waals surface area contributed by atoms with Gasteiger partial charge < -0.3 is 19.5 Å². The molecule has 1 saturated carbocycles. The SMILES string of the molecule is Cc1c(C(=O)N(C)[C@@H]2CC[C@@H](O)[C@@H]2O)oc2c(F)cccc12. The second kappa shape index (κ2) is 5.37. The summed E-state index contributed by atoms with van der Waals surface area (Å²) in [5.74, 6) is -0.874. The fraction of sp³-hybridized carbons (Fsp3) is 0.438. The van der Waals surface area contributed by atoms with Gasteiger partial charge in [0.1, 0.15) is 6.10 Å². The maximum Gasteiger partial charge on any atom is 0.289 e. The molecule has 1 amide bonds. The molecule has 1 fully saturated rings. The Morgan fingerprint density at radius 3 is 2.68 bits per heavy atom. The normalized spacial score (nSPS) is 24.9. The van der Waals surface area contributed by atoms with Crippen molar-refractivity contribution >= 4 is 16.9 Å². The van der Waals surface area contributed by atoms with Crippen LogP contribution in [0.5, 0.6) is 0 Å². The summed E-state index contributed by atoms with van der Waals surface area (Å²) in [6.45, 7) is 1.70. The zero-order chi connectivity index (χ0) is 16.0. The van der Waals surface area contributed by atoms with Crippen LogP contribution in [0.3, 0.4) is 0 Å². The molecule has 0 unspecified atom stereocenters. The lowest BCUT2D eigenvalue weighted by molar-refractivity contribution is 0.00579. The molecule has 0 saturated heterocycles. The second-order valence-corrected chi connectivity index (χ2v) is 5.79. The Morgan fingerprint density at radius 2 is 2.09 bits per heavy atom. The molecule has 1 aromatic carbocycles. The smallest absolute Gasteiger partial charge is 0.289 e. The Balaban J connectivity index is 1.95. The number of carbonyl (C=O) groups excluding carboxylic acids is 1. The number of rotatable bonds is 2. The highest BCUT2D eigenvalue weighted by atomic mass is 19.1. The molecular weight excluding hydrogens is 289 g/mol. The van der Waals surface area contributed by atoms with Crippen LogP contribution in [0.15, 0.2) is 22.6 Å². The molecule has 118 valence electrons. The summed E-state index contributed by atoms with van der Waals surface area (Å²) >= 11 is 0. The average molecular weight is 307 g/mol. The number of amides is 1. The van der Waals surface area contributed by atoms with Crippen LogP contribution in [0.25, 0.3) is 11.0 Å². The number of nitrogens with zero attached hydrogens (tertiary/aromatic N) is 1. The predicted molar refractivity (Wildman–Crippen MR) is 78.0 cm³/mol. The lowest BCUT2D eigenvalue weighted by Gasteiger charge is -2.27. The summed E-state index contributed by atoms with van der Waals surface area (Å²) < 4.78 is 19.2. The van der Waals surface area contributed by atoms with Crippen molar-refractivity contribution < 1.29 is 23.8 Å². The molecule has 0 aliphatic heterocycles. The van der Waals surface area contributed by atoms with Gasteiger partial charge in [0, 0.05) is 18.0 Å². The molecule has 1 aliphatic carbocycles. The summed E-state index contributed by atoms with van der Waals surface area (Å²) in [5.41, 5.74) is 0.628. The first-order chi connectivity index (χ1) is 10.4. The number of hydrogen-bond donors (Lipinski definition) is 2. The van der Waals surface area contributed by atoms with Gasteiger partial charge in [0.15, 0.2) is 17.2 Å². The van der Waals surface area contributed by atoms with Crippen molar-refractivity contribution in [1.29, 1.82) is 0 Å². The van der Waals surface area contributed by atoms with E-state index in [9.17, 15) is 19.4 Å². The van der Waals surface area contributed by atoms with Gasteiger partial charge in [-0.3, -0.25) is 4.79 Å². The lowest BCUT2D eigenvalue weighted by atomic mass is 10.1. The first-order valence-electron chi connectivity index (χ1n) is 7.22. The molecule has 1 aromatic heterocycles. The zero-order valence-corrected chi connectivity index (χ0v) is 12.4. The molecule has 1 aliphatic rings. The van der Waals surface area contributed by atoms with Crippen LogP contribution in [0.2, 0.25) is 0 Å². The quantitative estimate of drug-likeness (QED) is 0.888. The highest BCUT2D eigenvalue weighted by Gasteiger charge is 2.39. The highest BCUT2D eigenvalue weighted by Crippen LogP contribution is 2.30. The van der Waals surface area contributed by atoms with Crippen molar-refractivity contribution in [2.24, 2.45) is 0 Å². The van der Waals surface area contributed by atoms with Crippen molar-refractivity contribution in [2.45, 2.75) is 38.0 Å². The molecule has 0 radical (unpaired) electrons. The van der Waals surface area contributed by atoms with E-state index in [-0.39, 0.29) is 11.3 Å². The number of fused-ring (bicyclic) bond motifs is 1. The highest BCUT2D eigenvalue weighted by molar-refractivity contribution is 5.99. The van der Waals surface area contributed by atoms with Crippen LogP contribution in [0.4, 0.5) is 4.39 Å². The van der Waals surface area contributed by atoms with E-state index >= 15 is 0 Å². The minimum atomic E-state index is -0.977. The molecular formula is C16H18FNO4. The monoisotopic (exact) mass is 307 g/mol. The van der Waals surface area contributed by atoms with E-state index in [1.807, 2.05) is 0 Å². The van der Waals surface area contributed by atoms with Gasteiger partial charge in [-0.25, -0.2) is 4.39 Å². The fourth-order valence-corrected chi connectivity index (χ4v) is 3.09. The average Bonchev–Trinajstić information content (AvgIpc) is 3.01. The Bertz CT molecular complexity index is 726. The molecule has 3 atom stereocenters. The molecule has 0 bridgehead atoms. The third-order valence-corrected chi connectivity index (χ3v) is 4.47. The van der Waals surface area contributed by atoms with Gasteiger partial charge in [-0.15, -0.1) is 0 Å². The summed E-state index contributed by atoms with van der Waals surface area (Å²) in [6, 6.07) is 4.07. The van der Waals surface area contributed by atoms with E-state index in [0.29, 0.717) is 23.8 Å². The molecule has 0 spiro atoms. The first kappa shape index (κ1) is 15.0. The fourth-order valence-electron chi connectivity index (χ4n) is 3.09. The molecule has 22 heavy (non-hydrogen) atoms. The summed E-state index contributed by atoms with van der Waals surface area (Å²) in [5, 5.41) is 20.1. The number of aryl methyl sites for hydroxylation is 1. The van der Waals surface area contributed by atoms with Crippen LogP contribution >= 0.6 is 0 Å². The van der Waals surface area contributed by atoms with Gasteiger partial charge in [0.05, 0.1) is 12.1 Å². The van der Waals surface area contributed by atoms with Gasteiger partial charge in [0.25, 0.3) is 5.91 Å². The Morgan fingerprint density at radius 1 is 1.36 bits per heavy atom. The number of halogens is 1. The van der Waals surface area contributed by atoms with Crippen LogP contribution in [0.1, 0.15) is 29.0 Å². The van der Waals surface area contributed by atoms with Gasteiger partial charge in [-0.1, -0.05) is 12.1 Å². The lowest BCUT2D eigenvalue weighted by Crippen LogP contribution is -2.44. The van der Waals surface area contributed by atoms with Gasteiger partial charge in [-0.05, 0) is 25.8 Å². The Kier molecular flexibility index (Phi) is 3.66. The minimum absolute atomic E-state index is 0.0590. The number of furan rings is 1. The van der Waals surface area contributed by atoms with Crippen LogP contribution in [0, 0.1) is 12.7 Å². The molecule has 1 heterocycles. The van der Waals surface area contributed by atoms with Gasteiger partial charge >= 0.3 is 0 Å². The van der Waals surface area contributed by atoms with E-state index < -0.39 is 30.0 Å². The first-order valence-corrected chi connectivity index (χ1v) is 7.22. The van der Waals surface area contributed by atoms with Crippen LogP contribution in [-0.4, -0.2) is 46.3 Å².